The quantitative estimate of drug-likeness (QED) is 0.279. The van der Waals surface area contributed by atoms with Crippen molar-refractivity contribution < 1.29 is 4.74 Å². The number of hydrogen-bond acceptors (Lipinski definition) is 2. The largest absolute Gasteiger partial charge is 0.388 e. The fourth-order valence-electron chi connectivity index (χ4n) is 0.139. The number of nitrogens with zero attached hydrogens (tertiary/aromatic N) is 1. The van der Waals surface area contributed by atoms with Gasteiger partial charge >= 0.3 is 0 Å². The van der Waals surface area contributed by atoms with Gasteiger partial charge in [-0.15, -0.1) is 12.4 Å². The Hall–Kier alpha value is -1.01. The third kappa shape index (κ3) is 49.1. The molecule has 0 fully saturated rings. The molecular weight excluding hydrogens is 170 g/mol. The minimum absolute atomic E-state index is 0. The number of nitrogens with two attached hydrogens (primary N) is 3. The molecule has 0 rings (SSSR count). The lowest BCUT2D eigenvalue weighted by Crippen LogP contribution is -2.25. The molecule has 0 radical (unpaired) electrons. The number of aliphatic imine (C=N–C) groups is 1. The molecule has 0 atom stereocenters. The summed E-state index contributed by atoms with van der Waals surface area (Å²) in [6.45, 7) is 0. The van der Waals surface area contributed by atoms with Crippen LogP contribution in [0.15, 0.2) is 4.99 Å². The Balaban J connectivity index is -0.000000140. The number of hydrogen-bond donors (Lipinski definition) is 4. The Morgan fingerprint density at radius 3 is 1.55 bits per heavy atom. The lowest BCUT2D eigenvalue weighted by molar-refractivity contribution is 0.277. The van der Waals surface area contributed by atoms with Gasteiger partial charge in [-0.25, -0.2) is 0 Å². The average molecular weight is 184 g/mol. The molecule has 0 aliphatic rings. The lowest BCUT2D eigenvalue weighted by atomic mass is 11.0. The molecule has 0 heterocycles. The summed E-state index contributed by atoms with van der Waals surface area (Å²) < 4.78 is 4.25. The van der Waals surface area contributed by atoms with Gasteiger partial charge < -0.3 is 21.9 Å². The SMILES string of the molecule is COC.Cl.N=C(N)N=C(N)N. The maximum atomic E-state index is 6.46. The van der Waals surface area contributed by atoms with Gasteiger partial charge in [-0.3, -0.25) is 5.41 Å². The standard InChI is InChI=1S/C2H7N5.C2H6O.ClH/c3-1(4)7-2(5)6;1-3-2;/h(H7,3,4,5,6,7);1-2H3;1H. The summed E-state index contributed by atoms with van der Waals surface area (Å²) in [5.74, 6) is -0.562. The summed E-state index contributed by atoms with van der Waals surface area (Å²) >= 11 is 0. The van der Waals surface area contributed by atoms with Gasteiger partial charge in [0.2, 0.25) is 5.96 Å². The molecule has 0 amide bonds. The van der Waals surface area contributed by atoms with Crippen LogP contribution in [0.25, 0.3) is 0 Å². The highest BCUT2D eigenvalue weighted by molar-refractivity contribution is 5.90. The van der Waals surface area contributed by atoms with Gasteiger partial charge in [0, 0.05) is 14.2 Å². The molecule has 0 bridgehead atoms. The third-order valence-corrected chi connectivity index (χ3v) is 0.250. The van der Waals surface area contributed by atoms with Crippen LogP contribution in [0.4, 0.5) is 0 Å². The molecule has 7 heteroatoms. The van der Waals surface area contributed by atoms with Crippen LogP contribution in [-0.4, -0.2) is 26.1 Å². The van der Waals surface area contributed by atoms with Gasteiger partial charge in [-0.1, -0.05) is 0 Å². The minimum Gasteiger partial charge on any atom is -0.388 e. The van der Waals surface area contributed by atoms with Crippen molar-refractivity contribution >= 4 is 24.3 Å². The maximum absolute atomic E-state index is 6.46. The third-order valence-electron chi connectivity index (χ3n) is 0.250. The first-order valence-electron chi connectivity index (χ1n) is 2.38. The van der Waals surface area contributed by atoms with Crippen LogP contribution in [0.3, 0.4) is 0 Å². The van der Waals surface area contributed by atoms with Crippen LogP contribution in [-0.2, 0) is 4.74 Å². The monoisotopic (exact) mass is 183 g/mol. The molecule has 0 aromatic heterocycles. The van der Waals surface area contributed by atoms with E-state index in [1.54, 1.807) is 14.2 Å². The van der Waals surface area contributed by atoms with Crippen LogP contribution >= 0.6 is 12.4 Å². The summed E-state index contributed by atoms with van der Waals surface area (Å²) in [7, 11) is 3.25. The smallest absolute Gasteiger partial charge is 0.215 e. The number of rotatable bonds is 0. The summed E-state index contributed by atoms with van der Waals surface area (Å²) in [6.07, 6.45) is 0. The Morgan fingerprint density at radius 2 is 1.55 bits per heavy atom. The summed E-state index contributed by atoms with van der Waals surface area (Å²) in [4.78, 5) is 3.11. The van der Waals surface area contributed by atoms with E-state index in [0.29, 0.717) is 0 Å². The van der Waals surface area contributed by atoms with E-state index >= 15 is 0 Å². The molecule has 68 valence electrons. The predicted molar refractivity (Wildman–Crippen MR) is 47.9 cm³/mol. The van der Waals surface area contributed by atoms with Crippen molar-refractivity contribution in [1.29, 1.82) is 5.41 Å². The van der Waals surface area contributed by atoms with Crippen molar-refractivity contribution in [3.63, 3.8) is 0 Å². The number of halogens is 1. The Morgan fingerprint density at radius 1 is 1.27 bits per heavy atom. The molecule has 0 saturated carbocycles. The van der Waals surface area contributed by atoms with E-state index in [0.717, 1.165) is 0 Å². The van der Waals surface area contributed by atoms with Gasteiger partial charge in [0.15, 0.2) is 5.96 Å². The highest BCUT2D eigenvalue weighted by atomic mass is 35.5. The molecule has 0 aromatic carbocycles. The Labute approximate surface area is 71.7 Å². The van der Waals surface area contributed by atoms with Crippen LogP contribution in [0.2, 0.25) is 0 Å². The molecule has 0 aliphatic carbocycles. The molecule has 11 heavy (non-hydrogen) atoms. The second kappa shape index (κ2) is 11.7. The normalized spacial score (nSPS) is 6.36. The molecule has 6 nitrogen and oxygen atoms in total. The maximum Gasteiger partial charge on any atom is 0.215 e. The topological polar surface area (TPSA) is 123 Å². The number of ether oxygens (including phenoxy) is 1. The molecule has 0 aromatic rings. The van der Waals surface area contributed by atoms with E-state index in [9.17, 15) is 0 Å². The molecule has 0 aliphatic heterocycles. The van der Waals surface area contributed by atoms with Crippen molar-refractivity contribution in [1.82, 2.24) is 0 Å². The van der Waals surface area contributed by atoms with Crippen LogP contribution in [0.5, 0.6) is 0 Å². The van der Waals surface area contributed by atoms with E-state index in [2.05, 4.69) is 9.73 Å². The van der Waals surface area contributed by atoms with Crippen molar-refractivity contribution in [2.24, 2.45) is 22.2 Å². The first-order chi connectivity index (χ1) is 4.54. The van der Waals surface area contributed by atoms with Gasteiger partial charge in [-0.05, 0) is 0 Å². The van der Waals surface area contributed by atoms with Crippen molar-refractivity contribution in [3.8, 4) is 0 Å². The number of guanidine groups is 2. The average Bonchev–Trinajstić information content (AvgIpc) is 1.62. The summed E-state index contributed by atoms with van der Waals surface area (Å²) in [5.41, 5.74) is 14.3. The zero-order chi connectivity index (χ0) is 8.57. The van der Waals surface area contributed by atoms with E-state index < -0.39 is 0 Å². The van der Waals surface area contributed by atoms with Crippen molar-refractivity contribution in [3.05, 3.63) is 0 Å². The van der Waals surface area contributed by atoms with Gasteiger partial charge in [-0.2, -0.15) is 4.99 Å². The fraction of sp³-hybridized carbons (Fsp3) is 0.500. The van der Waals surface area contributed by atoms with Crippen molar-refractivity contribution in [2.45, 2.75) is 0 Å². The number of methoxy groups -OCH3 is 1. The van der Waals surface area contributed by atoms with Gasteiger partial charge in [0.25, 0.3) is 0 Å². The van der Waals surface area contributed by atoms with Gasteiger partial charge in [0.1, 0.15) is 0 Å². The Kier molecular flexibility index (Phi) is 17.6. The molecule has 0 unspecified atom stereocenters. The molecular formula is C4H14ClN5O. The van der Waals surface area contributed by atoms with E-state index in [1.165, 1.54) is 0 Å². The lowest BCUT2D eigenvalue weighted by Gasteiger charge is -1.84. The minimum atomic E-state index is -0.375. The summed E-state index contributed by atoms with van der Waals surface area (Å²) in [5, 5.41) is 6.46. The van der Waals surface area contributed by atoms with Crippen molar-refractivity contribution in [2.75, 3.05) is 14.2 Å². The highest BCUT2D eigenvalue weighted by Gasteiger charge is 1.78. The summed E-state index contributed by atoms with van der Waals surface area (Å²) in [6, 6.07) is 0. The van der Waals surface area contributed by atoms with Crippen LogP contribution < -0.4 is 17.2 Å². The fourth-order valence-corrected chi connectivity index (χ4v) is 0.139. The predicted octanol–water partition coefficient (Wildman–Crippen LogP) is -1.16. The first-order valence-corrected chi connectivity index (χ1v) is 2.38. The second-order valence-electron chi connectivity index (χ2n) is 1.33. The zero-order valence-electron chi connectivity index (χ0n) is 6.50. The first kappa shape index (κ1) is 16.5. The molecule has 0 spiro atoms. The highest BCUT2D eigenvalue weighted by Crippen LogP contribution is 1.56. The van der Waals surface area contributed by atoms with Gasteiger partial charge in [0.05, 0.1) is 0 Å². The number of nitrogens with one attached hydrogen (secondary N) is 1. The van der Waals surface area contributed by atoms with E-state index in [-0.39, 0.29) is 24.3 Å². The van der Waals surface area contributed by atoms with E-state index in [1.807, 2.05) is 0 Å². The van der Waals surface area contributed by atoms with Crippen LogP contribution in [0.1, 0.15) is 0 Å². The van der Waals surface area contributed by atoms with Crippen LogP contribution in [0, 0.1) is 5.41 Å². The molecule has 0 saturated heterocycles. The zero-order valence-corrected chi connectivity index (χ0v) is 7.31. The molecule has 7 N–H and O–H groups in total. The van der Waals surface area contributed by atoms with E-state index in [4.69, 9.17) is 22.6 Å². The Bertz CT molecular complexity index is 122. The second-order valence-corrected chi connectivity index (χ2v) is 1.33.